The number of aryl methyl sites for hydroxylation is 1. The van der Waals surface area contributed by atoms with Gasteiger partial charge in [-0.3, -0.25) is 9.69 Å². The van der Waals surface area contributed by atoms with Gasteiger partial charge in [-0.25, -0.2) is 4.79 Å². The Morgan fingerprint density at radius 2 is 1.51 bits per heavy atom. The summed E-state index contributed by atoms with van der Waals surface area (Å²) in [7, 11) is 0. The lowest BCUT2D eigenvalue weighted by Crippen LogP contribution is -2.28. The average Bonchev–Trinajstić information content (AvgIpc) is 3.36. The van der Waals surface area contributed by atoms with Gasteiger partial charge < -0.3 is 9.47 Å². The molecule has 37 heavy (non-hydrogen) atoms. The first kappa shape index (κ1) is 26.4. The van der Waals surface area contributed by atoms with Crippen LogP contribution in [0.2, 0.25) is 0 Å². The SMILES string of the molecule is O=C(CCc1ccc(OCc2ccc(CN3CCC(c4ccccc4)C3)cc2)cc1)OC(=O)C(F)(F)F. The molecule has 194 valence electrons. The summed E-state index contributed by atoms with van der Waals surface area (Å²) in [5.41, 5.74) is 4.42. The van der Waals surface area contributed by atoms with Gasteiger partial charge in [0.05, 0.1) is 6.42 Å². The zero-order chi connectivity index (χ0) is 26.3. The number of hydrogen-bond donors (Lipinski definition) is 0. The van der Waals surface area contributed by atoms with E-state index >= 15 is 0 Å². The quantitative estimate of drug-likeness (QED) is 0.268. The highest BCUT2D eigenvalue weighted by atomic mass is 19.4. The van der Waals surface area contributed by atoms with Crippen LogP contribution in [-0.2, 0) is 33.9 Å². The van der Waals surface area contributed by atoms with Crippen LogP contribution in [0.5, 0.6) is 5.75 Å². The van der Waals surface area contributed by atoms with Crippen molar-refractivity contribution in [2.24, 2.45) is 0 Å². The van der Waals surface area contributed by atoms with Gasteiger partial charge in [0.1, 0.15) is 12.4 Å². The Hall–Kier alpha value is -3.65. The van der Waals surface area contributed by atoms with Crippen molar-refractivity contribution in [3.05, 3.63) is 101 Å². The van der Waals surface area contributed by atoms with E-state index in [0.717, 1.165) is 25.2 Å². The van der Waals surface area contributed by atoms with Crippen LogP contribution in [0.1, 0.15) is 41.0 Å². The van der Waals surface area contributed by atoms with Crippen LogP contribution in [0.4, 0.5) is 13.2 Å². The van der Waals surface area contributed by atoms with E-state index in [1.165, 1.54) is 17.5 Å². The lowest BCUT2D eigenvalue weighted by molar-refractivity contribution is -0.201. The fourth-order valence-corrected chi connectivity index (χ4v) is 4.35. The molecule has 0 N–H and O–H groups in total. The van der Waals surface area contributed by atoms with Gasteiger partial charge in [0.2, 0.25) is 0 Å². The van der Waals surface area contributed by atoms with E-state index in [0.29, 0.717) is 23.8 Å². The molecule has 0 aromatic heterocycles. The Morgan fingerprint density at radius 1 is 0.865 bits per heavy atom. The minimum absolute atomic E-state index is 0.148. The molecule has 4 rings (SSSR count). The number of alkyl halides is 3. The number of benzene rings is 3. The van der Waals surface area contributed by atoms with E-state index in [1.54, 1.807) is 24.3 Å². The molecule has 0 spiro atoms. The first-order valence-corrected chi connectivity index (χ1v) is 12.1. The zero-order valence-electron chi connectivity index (χ0n) is 20.2. The number of ether oxygens (including phenoxy) is 2. The first-order valence-electron chi connectivity index (χ1n) is 12.1. The molecule has 0 amide bonds. The molecule has 8 heteroatoms. The highest BCUT2D eigenvalue weighted by Crippen LogP contribution is 2.28. The summed E-state index contributed by atoms with van der Waals surface area (Å²) in [6.45, 7) is 3.47. The van der Waals surface area contributed by atoms with Crippen molar-refractivity contribution in [3.8, 4) is 5.75 Å². The Labute approximate surface area is 213 Å². The summed E-state index contributed by atoms with van der Waals surface area (Å²) in [6, 6.07) is 25.9. The molecule has 1 atom stereocenters. The minimum Gasteiger partial charge on any atom is -0.489 e. The van der Waals surface area contributed by atoms with E-state index in [-0.39, 0.29) is 12.8 Å². The number of esters is 2. The van der Waals surface area contributed by atoms with Crippen LogP contribution in [0.25, 0.3) is 0 Å². The van der Waals surface area contributed by atoms with Gasteiger partial charge in [-0.05, 0) is 59.7 Å². The lowest BCUT2D eigenvalue weighted by atomic mass is 9.99. The second-order valence-corrected chi connectivity index (χ2v) is 9.14. The smallest absolute Gasteiger partial charge is 0.489 e. The second kappa shape index (κ2) is 12.1. The van der Waals surface area contributed by atoms with Crippen molar-refractivity contribution < 1.29 is 32.2 Å². The maximum Gasteiger partial charge on any atom is 0.491 e. The lowest BCUT2D eigenvalue weighted by Gasteiger charge is -2.16. The van der Waals surface area contributed by atoms with Gasteiger partial charge in [0.25, 0.3) is 0 Å². The monoisotopic (exact) mass is 511 g/mol. The van der Waals surface area contributed by atoms with Crippen LogP contribution >= 0.6 is 0 Å². The molecule has 1 aliphatic heterocycles. The van der Waals surface area contributed by atoms with E-state index in [2.05, 4.69) is 64.2 Å². The molecule has 1 heterocycles. The number of nitrogens with zero attached hydrogens (tertiary/aromatic N) is 1. The van der Waals surface area contributed by atoms with E-state index in [4.69, 9.17) is 4.74 Å². The first-order chi connectivity index (χ1) is 17.8. The number of halogens is 3. The number of carbonyl (C=O) groups excluding carboxylic acids is 2. The van der Waals surface area contributed by atoms with E-state index in [9.17, 15) is 22.8 Å². The number of rotatable bonds is 9. The molecule has 0 aliphatic carbocycles. The summed E-state index contributed by atoms with van der Waals surface area (Å²) in [4.78, 5) is 24.6. The second-order valence-electron chi connectivity index (χ2n) is 9.14. The normalized spacial score (nSPS) is 15.9. The minimum atomic E-state index is -5.19. The van der Waals surface area contributed by atoms with Crippen LogP contribution in [0, 0.1) is 0 Å². The largest absolute Gasteiger partial charge is 0.491 e. The third kappa shape index (κ3) is 7.92. The summed E-state index contributed by atoms with van der Waals surface area (Å²) in [6.07, 6.45) is -4.20. The molecule has 0 radical (unpaired) electrons. The molecule has 1 unspecified atom stereocenters. The number of hydrogen-bond acceptors (Lipinski definition) is 5. The van der Waals surface area contributed by atoms with Crippen LogP contribution < -0.4 is 4.74 Å². The van der Waals surface area contributed by atoms with Crippen LogP contribution in [0.15, 0.2) is 78.9 Å². The van der Waals surface area contributed by atoms with Crippen LogP contribution in [-0.4, -0.2) is 36.1 Å². The maximum atomic E-state index is 12.1. The summed E-state index contributed by atoms with van der Waals surface area (Å²) < 4.78 is 46.0. The average molecular weight is 512 g/mol. The predicted octanol–water partition coefficient (Wildman–Crippen LogP) is 5.82. The molecule has 5 nitrogen and oxygen atoms in total. The number of likely N-dealkylation sites (tertiary alicyclic amines) is 1. The molecule has 1 fully saturated rings. The highest BCUT2D eigenvalue weighted by Gasteiger charge is 2.42. The third-order valence-corrected chi connectivity index (χ3v) is 6.36. The predicted molar refractivity (Wildman–Crippen MR) is 132 cm³/mol. The van der Waals surface area contributed by atoms with Gasteiger partial charge >= 0.3 is 18.1 Å². The van der Waals surface area contributed by atoms with Crippen molar-refractivity contribution in [1.29, 1.82) is 0 Å². The van der Waals surface area contributed by atoms with Gasteiger partial charge in [0.15, 0.2) is 0 Å². The van der Waals surface area contributed by atoms with Crippen molar-refractivity contribution in [3.63, 3.8) is 0 Å². The van der Waals surface area contributed by atoms with Gasteiger partial charge in [-0.2, -0.15) is 13.2 Å². The van der Waals surface area contributed by atoms with E-state index in [1.807, 2.05) is 0 Å². The Morgan fingerprint density at radius 3 is 2.19 bits per heavy atom. The molecule has 3 aromatic rings. The molecule has 1 aliphatic rings. The van der Waals surface area contributed by atoms with Gasteiger partial charge in [0, 0.05) is 13.1 Å². The maximum absolute atomic E-state index is 12.1. The fourth-order valence-electron chi connectivity index (χ4n) is 4.35. The fraction of sp³-hybridized carbons (Fsp3) is 0.310. The zero-order valence-corrected chi connectivity index (χ0v) is 20.2. The summed E-state index contributed by atoms with van der Waals surface area (Å²) >= 11 is 0. The molecule has 0 bridgehead atoms. The van der Waals surface area contributed by atoms with Gasteiger partial charge in [-0.15, -0.1) is 0 Å². The van der Waals surface area contributed by atoms with E-state index < -0.39 is 18.1 Å². The Balaban J connectivity index is 1.19. The molecule has 3 aromatic carbocycles. The third-order valence-electron chi connectivity index (χ3n) is 6.36. The number of carbonyl (C=O) groups is 2. The Bertz CT molecular complexity index is 1180. The van der Waals surface area contributed by atoms with Crippen LogP contribution in [0.3, 0.4) is 0 Å². The molecule has 0 saturated carbocycles. The highest BCUT2D eigenvalue weighted by molar-refractivity contribution is 5.88. The van der Waals surface area contributed by atoms with Crippen molar-refractivity contribution in [2.45, 2.75) is 44.5 Å². The van der Waals surface area contributed by atoms with Gasteiger partial charge in [-0.1, -0.05) is 66.7 Å². The molecule has 1 saturated heterocycles. The van der Waals surface area contributed by atoms with Crippen molar-refractivity contribution in [2.75, 3.05) is 13.1 Å². The van der Waals surface area contributed by atoms with Crippen molar-refractivity contribution >= 4 is 11.9 Å². The molecular formula is C29H28F3NO4. The summed E-state index contributed by atoms with van der Waals surface area (Å²) in [5, 5.41) is 0. The Kier molecular flexibility index (Phi) is 8.61. The standard InChI is InChI=1S/C29H28F3NO4/c30-29(31,32)28(35)37-27(34)15-12-21-10-13-26(14-11-21)36-20-23-8-6-22(7-9-23)18-33-17-16-25(19-33)24-4-2-1-3-5-24/h1-11,13-14,25H,12,15-20H2. The van der Waals surface area contributed by atoms with Crippen molar-refractivity contribution in [1.82, 2.24) is 4.90 Å². The summed E-state index contributed by atoms with van der Waals surface area (Å²) in [5.74, 6) is -2.49. The molecular weight excluding hydrogens is 483 g/mol. The topological polar surface area (TPSA) is 55.8 Å².